The molecule has 0 saturated carbocycles. The number of urea groups is 1. The molecule has 0 bridgehead atoms. The fourth-order valence-corrected chi connectivity index (χ4v) is 4.44. The molecule has 0 spiro atoms. The number of anilines is 3. The Kier molecular flexibility index (Phi) is 6.91. The summed E-state index contributed by atoms with van der Waals surface area (Å²) in [5.74, 6) is 2.35. The van der Waals surface area contributed by atoms with Gasteiger partial charge in [-0.1, -0.05) is 11.6 Å². The molecule has 182 valence electrons. The van der Waals surface area contributed by atoms with Gasteiger partial charge >= 0.3 is 6.03 Å². The molecule has 2 aliphatic rings. The minimum Gasteiger partial charge on any atom is -0.378 e. The standard InChI is InChI=1S/C24H27ClN8O2/c1-2-27-24(34)28-17-5-3-16(4-6-17)22-29-19-15-33(21-14-26-13-20(25)30-21)8-7-18(19)23(31-22)32-9-11-35-12-10-32/h3-6,13-14H,2,7-12,15H2,1H3,(H2,27,28,34). The molecule has 35 heavy (non-hydrogen) atoms. The van der Waals surface area contributed by atoms with Gasteiger partial charge in [0.2, 0.25) is 0 Å². The molecular formula is C24H27ClN8O2. The molecule has 1 saturated heterocycles. The van der Waals surface area contributed by atoms with Crippen molar-refractivity contribution in [1.29, 1.82) is 0 Å². The second-order valence-corrected chi connectivity index (χ2v) is 8.72. The molecule has 2 amide bonds. The first-order valence-electron chi connectivity index (χ1n) is 11.7. The van der Waals surface area contributed by atoms with Crippen LogP contribution in [0.25, 0.3) is 11.4 Å². The summed E-state index contributed by atoms with van der Waals surface area (Å²) >= 11 is 6.08. The zero-order valence-electron chi connectivity index (χ0n) is 19.5. The van der Waals surface area contributed by atoms with Crippen LogP contribution in [0, 0.1) is 0 Å². The van der Waals surface area contributed by atoms with E-state index in [0.717, 1.165) is 54.5 Å². The maximum absolute atomic E-state index is 11.8. The van der Waals surface area contributed by atoms with Crippen molar-refractivity contribution in [2.75, 3.05) is 54.5 Å². The third-order valence-corrected chi connectivity index (χ3v) is 6.19. The smallest absolute Gasteiger partial charge is 0.319 e. The summed E-state index contributed by atoms with van der Waals surface area (Å²) in [5, 5.41) is 5.91. The third kappa shape index (κ3) is 5.28. The number of fused-ring (bicyclic) bond motifs is 1. The van der Waals surface area contributed by atoms with Gasteiger partial charge in [0.15, 0.2) is 5.82 Å². The van der Waals surface area contributed by atoms with Crippen LogP contribution in [0.4, 0.5) is 22.1 Å². The number of amides is 2. The van der Waals surface area contributed by atoms with Crippen molar-refractivity contribution in [3.05, 3.63) is 53.1 Å². The predicted molar refractivity (Wildman–Crippen MR) is 135 cm³/mol. The van der Waals surface area contributed by atoms with Crippen molar-refractivity contribution in [2.24, 2.45) is 0 Å². The number of nitrogens with zero attached hydrogens (tertiary/aromatic N) is 6. The lowest BCUT2D eigenvalue weighted by Crippen LogP contribution is -2.39. The Balaban J connectivity index is 1.48. The van der Waals surface area contributed by atoms with Gasteiger partial charge in [-0.3, -0.25) is 4.98 Å². The van der Waals surface area contributed by atoms with E-state index in [-0.39, 0.29) is 6.03 Å². The lowest BCUT2D eigenvalue weighted by atomic mass is 10.0. The summed E-state index contributed by atoms with van der Waals surface area (Å²) < 4.78 is 5.57. The SMILES string of the molecule is CCNC(=O)Nc1ccc(-c2nc3c(c(N4CCOCC4)n2)CCN(c2cncc(Cl)n2)C3)cc1. The van der Waals surface area contributed by atoms with Gasteiger partial charge in [-0.25, -0.2) is 19.7 Å². The van der Waals surface area contributed by atoms with Crippen molar-refractivity contribution < 1.29 is 9.53 Å². The summed E-state index contributed by atoms with van der Waals surface area (Å²) in [5.41, 5.74) is 3.71. The Labute approximate surface area is 208 Å². The number of halogens is 1. The van der Waals surface area contributed by atoms with Crippen molar-refractivity contribution in [3.8, 4) is 11.4 Å². The normalized spacial score (nSPS) is 15.5. The molecule has 3 aromatic rings. The van der Waals surface area contributed by atoms with Gasteiger partial charge in [-0.15, -0.1) is 0 Å². The first kappa shape index (κ1) is 23.3. The third-order valence-electron chi connectivity index (χ3n) is 6.01. The van der Waals surface area contributed by atoms with Crippen LogP contribution in [0.2, 0.25) is 5.15 Å². The van der Waals surface area contributed by atoms with Crippen molar-refractivity contribution in [3.63, 3.8) is 0 Å². The van der Waals surface area contributed by atoms with Gasteiger partial charge < -0.3 is 25.2 Å². The number of hydrogen-bond donors (Lipinski definition) is 2. The molecule has 0 aliphatic carbocycles. The summed E-state index contributed by atoms with van der Waals surface area (Å²) in [4.78, 5) is 34.8. The van der Waals surface area contributed by atoms with Crippen LogP contribution in [0.1, 0.15) is 18.2 Å². The Hall–Kier alpha value is -3.50. The molecule has 0 radical (unpaired) electrons. The minimum absolute atomic E-state index is 0.232. The van der Waals surface area contributed by atoms with Gasteiger partial charge in [0.25, 0.3) is 0 Å². The number of rotatable bonds is 5. The van der Waals surface area contributed by atoms with E-state index in [9.17, 15) is 4.79 Å². The Morgan fingerprint density at radius 2 is 1.86 bits per heavy atom. The zero-order chi connectivity index (χ0) is 24.2. The summed E-state index contributed by atoms with van der Waals surface area (Å²) in [6, 6.07) is 7.33. The van der Waals surface area contributed by atoms with Crippen molar-refractivity contribution in [1.82, 2.24) is 25.3 Å². The lowest BCUT2D eigenvalue weighted by Gasteiger charge is -2.34. The average Bonchev–Trinajstić information content (AvgIpc) is 2.89. The molecule has 1 aromatic carbocycles. The second kappa shape index (κ2) is 10.4. The van der Waals surface area contributed by atoms with Crippen LogP contribution in [0.3, 0.4) is 0 Å². The highest BCUT2D eigenvalue weighted by Crippen LogP contribution is 2.31. The van der Waals surface area contributed by atoms with E-state index in [4.69, 9.17) is 26.3 Å². The Morgan fingerprint density at radius 1 is 1.06 bits per heavy atom. The number of morpholine rings is 1. The molecule has 1 fully saturated rings. The van der Waals surface area contributed by atoms with E-state index in [1.165, 1.54) is 6.20 Å². The second-order valence-electron chi connectivity index (χ2n) is 8.33. The van der Waals surface area contributed by atoms with Crippen LogP contribution >= 0.6 is 11.6 Å². The zero-order valence-corrected chi connectivity index (χ0v) is 20.3. The quantitative estimate of drug-likeness (QED) is 0.557. The number of ether oxygens (including phenoxy) is 1. The number of hydrogen-bond acceptors (Lipinski definition) is 8. The topological polar surface area (TPSA) is 108 Å². The first-order valence-corrected chi connectivity index (χ1v) is 12.1. The molecule has 2 aromatic heterocycles. The van der Waals surface area contributed by atoms with E-state index >= 15 is 0 Å². The van der Waals surface area contributed by atoms with E-state index in [1.54, 1.807) is 6.20 Å². The van der Waals surface area contributed by atoms with E-state index in [2.05, 4.69) is 30.4 Å². The van der Waals surface area contributed by atoms with E-state index < -0.39 is 0 Å². The molecule has 10 nitrogen and oxygen atoms in total. The Morgan fingerprint density at radius 3 is 2.60 bits per heavy atom. The number of nitrogens with one attached hydrogen (secondary N) is 2. The molecule has 11 heteroatoms. The fourth-order valence-electron chi connectivity index (χ4n) is 4.30. The Bertz CT molecular complexity index is 1200. The number of carbonyl (C=O) groups excluding carboxylic acids is 1. The molecule has 4 heterocycles. The van der Waals surface area contributed by atoms with E-state index in [1.807, 2.05) is 31.2 Å². The van der Waals surface area contributed by atoms with Crippen LogP contribution in [-0.2, 0) is 17.7 Å². The largest absolute Gasteiger partial charge is 0.378 e. The van der Waals surface area contributed by atoms with Crippen LogP contribution in [0.5, 0.6) is 0 Å². The summed E-state index contributed by atoms with van der Waals surface area (Å²) in [7, 11) is 0. The monoisotopic (exact) mass is 494 g/mol. The molecule has 0 unspecified atom stereocenters. The van der Waals surface area contributed by atoms with Crippen LogP contribution in [0.15, 0.2) is 36.7 Å². The van der Waals surface area contributed by atoms with E-state index in [0.29, 0.717) is 43.0 Å². The maximum atomic E-state index is 11.8. The minimum atomic E-state index is -0.232. The predicted octanol–water partition coefficient (Wildman–Crippen LogP) is 3.13. The fraction of sp³-hybridized carbons (Fsp3) is 0.375. The molecule has 2 aliphatic heterocycles. The molecular weight excluding hydrogens is 468 g/mol. The lowest BCUT2D eigenvalue weighted by molar-refractivity contribution is 0.122. The van der Waals surface area contributed by atoms with Crippen molar-refractivity contribution in [2.45, 2.75) is 19.9 Å². The molecule has 2 N–H and O–H groups in total. The highest BCUT2D eigenvalue weighted by Gasteiger charge is 2.27. The van der Waals surface area contributed by atoms with Gasteiger partial charge in [-0.2, -0.15) is 0 Å². The summed E-state index contributed by atoms with van der Waals surface area (Å²) in [6.07, 6.45) is 4.05. The highest BCUT2D eigenvalue weighted by molar-refractivity contribution is 6.29. The number of benzene rings is 1. The summed E-state index contributed by atoms with van der Waals surface area (Å²) in [6.45, 7) is 6.76. The van der Waals surface area contributed by atoms with Crippen LogP contribution < -0.4 is 20.4 Å². The maximum Gasteiger partial charge on any atom is 0.319 e. The van der Waals surface area contributed by atoms with Gasteiger partial charge in [-0.05, 0) is 37.6 Å². The van der Waals surface area contributed by atoms with Gasteiger partial charge in [0.1, 0.15) is 16.8 Å². The molecule has 5 rings (SSSR count). The molecule has 0 atom stereocenters. The van der Waals surface area contributed by atoms with Crippen molar-refractivity contribution >= 4 is 35.0 Å². The average molecular weight is 495 g/mol. The number of aromatic nitrogens is 4. The van der Waals surface area contributed by atoms with Gasteiger partial charge in [0, 0.05) is 43.0 Å². The van der Waals surface area contributed by atoms with Crippen LogP contribution in [-0.4, -0.2) is 65.4 Å². The number of carbonyl (C=O) groups is 1. The highest BCUT2D eigenvalue weighted by atomic mass is 35.5. The first-order chi connectivity index (χ1) is 17.1. The van der Waals surface area contributed by atoms with Gasteiger partial charge in [0.05, 0.1) is 37.8 Å².